The Hall–Kier alpha value is -1.50. The van der Waals surface area contributed by atoms with Crippen molar-refractivity contribution in [1.82, 2.24) is 9.80 Å². The molecule has 5 nitrogen and oxygen atoms in total. The molecule has 0 radical (unpaired) electrons. The van der Waals surface area contributed by atoms with Crippen LogP contribution in [0.25, 0.3) is 0 Å². The van der Waals surface area contributed by atoms with E-state index in [9.17, 15) is 9.18 Å². The van der Waals surface area contributed by atoms with Crippen LogP contribution in [0.15, 0.2) is 24.3 Å². The molecule has 2 saturated heterocycles. The lowest BCUT2D eigenvalue weighted by Gasteiger charge is -2.35. The summed E-state index contributed by atoms with van der Waals surface area (Å²) >= 11 is 0. The van der Waals surface area contributed by atoms with Crippen LogP contribution in [0.3, 0.4) is 0 Å². The van der Waals surface area contributed by atoms with Gasteiger partial charge in [0.25, 0.3) is 0 Å². The minimum absolute atomic E-state index is 0.0588. The molecule has 6 heteroatoms. The largest absolute Gasteiger partial charge is 0.349 e. The zero-order chi connectivity index (χ0) is 14.7. The number of carbonyl (C=O) groups excluding carboxylic acids is 1. The number of amides is 1. The smallest absolute Gasteiger partial charge is 0.237 e. The number of hydrogen-bond acceptors (Lipinski definition) is 4. The molecule has 0 aliphatic carbocycles. The number of benzene rings is 1. The van der Waals surface area contributed by atoms with Crippen molar-refractivity contribution in [1.29, 1.82) is 0 Å². The lowest BCUT2D eigenvalue weighted by atomic mass is 10.2. The SMILES string of the molecule is O=C1CN(CC2OCCO2)CCN1Cc1cccc(F)c1. The number of piperazine rings is 1. The van der Waals surface area contributed by atoms with E-state index in [-0.39, 0.29) is 18.0 Å². The molecule has 0 aromatic heterocycles. The van der Waals surface area contributed by atoms with Crippen LogP contribution in [0, 0.1) is 5.82 Å². The van der Waals surface area contributed by atoms with Gasteiger partial charge in [0.2, 0.25) is 5.91 Å². The molecule has 0 spiro atoms. The van der Waals surface area contributed by atoms with Crippen molar-refractivity contribution >= 4 is 5.91 Å². The van der Waals surface area contributed by atoms with Crippen molar-refractivity contribution in [2.75, 3.05) is 39.4 Å². The van der Waals surface area contributed by atoms with Gasteiger partial charge in [0, 0.05) is 19.6 Å². The summed E-state index contributed by atoms with van der Waals surface area (Å²) in [6.07, 6.45) is -0.215. The third kappa shape index (κ3) is 3.78. The Kier molecular flexibility index (Phi) is 4.48. The van der Waals surface area contributed by atoms with Crippen LogP contribution in [0.2, 0.25) is 0 Å². The quantitative estimate of drug-likeness (QED) is 0.825. The Bertz CT molecular complexity index is 505. The molecular weight excluding hydrogens is 275 g/mol. The molecule has 3 rings (SSSR count). The average molecular weight is 294 g/mol. The first-order valence-corrected chi connectivity index (χ1v) is 7.18. The molecule has 2 heterocycles. The Morgan fingerprint density at radius 2 is 2.05 bits per heavy atom. The maximum absolute atomic E-state index is 13.2. The summed E-state index contributed by atoms with van der Waals surface area (Å²) in [5, 5.41) is 0. The monoisotopic (exact) mass is 294 g/mol. The van der Waals surface area contributed by atoms with E-state index in [4.69, 9.17) is 9.47 Å². The topological polar surface area (TPSA) is 42.0 Å². The summed E-state index contributed by atoms with van der Waals surface area (Å²) in [7, 11) is 0. The van der Waals surface area contributed by atoms with Gasteiger partial charge in [-0.3, -0.25) is 9.69 Å². The van der Waals surface area contributed by atoms with E-state index >= 15 is 0 Å². The molecule has 0 atom stereocenters. The van der Waals surface area contributed by atoms with E-state index in [0.29, 0.717) is 39.4 Å². The van der Waals surface area contributed by atoms with Gasteiger partial charge in [-0.2, -0.15) is 0 Å². The summed E-state index contributed by atoms with van der Waals surface area (Å²) in [6.45, 7) is 4.11. The van der Waals surface area contributed by atoms with Crippen molar-refractivity contribution in [3.8, 4) is 0 Å². The fourth-order valence-electron chi connectivity index (χ4n) is 2.66. The highest BCUT2D eigenvalue weighted by atomic mass is 19.1. The predicted octanol–water partition coefficient (Wildman–Crippen LogP) is 0.843. The third-order valence-corrected chi connectivity index (χ3v) is 3.76. The van der Waals surface area contributed by atoms with Gasteiger partial charge >= 0.3 is 0 Å². The fourth-order valence-corrected chi connectivity index (χ4v) is 2.66. The second kappa shape index (κ2) is 6.51. The first-order valence-electron chi connectivity index (χ1n) is 7.18. The molecule has 0 N–H and O–H groups in total. The van der Waals surface area contributed by atoms with Gasteiger partial charge in [-0.15, -0.1) is 0 Å². The number of hydrogen-bond donors (Lipinski definition) is 0. The maximum Gasteiger partial charge on any atom is 0.237 e. The highest BCUT2D eigenvalue weighted by Gasteiger charge is 2.27. The molecule has 1 aromatic rings. The molecule has 0 bridgehead atoms. The minimum atomic E-state index is -0.269. The summed E-state index contributed by atoms with van der Waals surface area (Å²) in [6, 6.07) is 6.38. The summed E-state index contributed by atoms with van der Waals surface area (Å²) < 4.78 is 24.0. The van der Waals surface area contributed by atoms with Crippen molar-refractivity contribution in [2.24, 2.45) is 0 Å². The Morgan fingerprint density at radius 1 is 1.24 bits per heavy atom. The van der Waals surface area contributed by atoms with E-state index in [1.165, 1.54) is 12.1 Å². The van der Waals surface area contributed by atoms with Crippen LogP contribution in [-0.2, 0) is 20.8 Å². The van der Waals surface area contributed by atoms with E-state index in [0.717, 1.165) is 12.1 Å². The van der Waals surface area contributed by atoms with Crippen LogP contribution in [0.5, 0.6) is 0 Å². The highest BCUT2D eigenvalue weighted by molar-refractivity contribution is 5.79. The lowest BCUT2D eigenvalue weighted by Crippen LogP contribution is -2.51. The number of carbonyl (C=O) groups is 1. The first-order chi connectivity index (χ1) is 10.2. The Labute approximate surface area is 123 Å². The van der Waals surface area contributed by atoms with Crippen molar-refractivity contribution in [3.63, 3.8) is 0 Å². The Morgan fingerprint density at radius 3 is 2.76 bits per heavy atom. The second-order valence-corrected chi connectivity index (χ2v) is 5.35. The molecule has 1 amide bonds. The Balaban J connectivity index is 1.52. The molecule has 21 heavy (non-hydrogen) atoms. The number of ether oxygens (including phenoxy) is 2. The van der Waals surface area contributed by atoms with Crippen LogP contribution in [0.1, 0.15) is 5.56 Å². The van der Waals surface area contributed by atoms with Gasteiger partial charge < -0.3 is 14.4 Å². The summed E-state index contributed by atoms with van der Waals surface area (Å²) in [5.41, 5.74) is 0.819. The van der Waals surface area contributed by atoms with Crippen LogP contribution in [-0.4, -0.2) is 61.4 Å². The molecular formula is C15H19FN2O3. The number of halogens is 1. The molecule has 0 unspecified atom stereocenters. The molecule has 2 aliphatic heterocycles. The zero-order valence-corrected chi connectivity index (χ0v) is 11.8. The van der Waals surface area contributed by atoms with Crippen LogP contribution < -0.4 is 0 Å². The lowest BCUT2D eigenvalue weighted by molar-refractivity contribution is -0.139. The van der Waals surface area contributed by atoms with Gasteiger partial charge in [-0.25, -0.2) is 4.39 Å². The van der Waals surface area contributed by atoms with E-state index in [2.05, 4.69) is 0 Å². The average Bonchev–Trinajstić information content (AvgIpc) is 2.95. The van der Waals surface area contributed by atoms with Gasteiger partial charge in [-0.1, -0.05) is 12.1 Å². The van der Waals surface area contributed by atoms with Crippen molar-refractivity contribution in [3.05, 3.63) is 35.6 Å². The molecule has 114 valence electrons. The van der Waals surface area contributed by atoms with E-state index < -0.39 is 0 Å². The molecule has 2 fully saturated rings. The van der Waals surface area contributed by atoms with Crippen molar-refractivity contribution in [2.45, 2.75) is 12.8 Å². The standard InChI is InChI=1S/C15H19FN2O3/c16-13-3-1-2-12(8-13)9-18-5-4-17(10-14(18)19)11-15-20-6-7-21-15/h1-3,8,15H,4-7,9-11H2. The molecule has 1 aromatic carbocycles. The van der Waals surface area contributed by atoms with Gasteiger partial charge in [0.05, 0.1) is 26.3 Å². The van der Waals surface area contributed by atoms with Crippen LogP contribution in [0.4, 0.5) is 4.39 Å². The van der Waals surface area contributed by atoms with E-state index in [1.54, 1.807) is 11.0 Å². The molecule has 0 saturated carbocycles. The highest BCUT2D eigenvalue weighted by Crippen LogP contribution is 2.13. The van der Waals surface area contributed by atoms with Gasteiger partial charge in [0.15, 0.2) is 6.29 Å². The summed E-state index contributed by atoms with van der Waals surface area (Å²) in [4.78, 5) is 16.0. The fraction of sp³-hybridized carbons (Fsp3) is 0.533. The minimum Gasteiger partial charge on any atom is -0.349 e. The predicted molar refractivity (Wildman–Crippen MR) is 73.9 cm³/mol. The zero-order valence-electron chi connectivity index (χ0n) is 11.8. The summed E-state index contributed by atoms with van der Waals surface area (Å²) in [5.74, 6) is -0.211. The number of nitrogens with zero attached hydrogens (tertiary/aromatic N) is 2. The third-order valence-electron chi connectivity index (χ3n) is 3.76. The molecule has 2 aliphatic rings. The normalized spacial score (nSPS) is 21.2. The van der Waals surface area contributed by atoms with Gasteiger partial charge in [-0.05, 0) is 17.7 Å². The van der Waals surface area contributed by atoms with E-state index in [1.807, 2.05) is 11.0 Å². The van der Waals surface area contributed by atoms with Gasteiger partial charge in [0.1, 0.15) is 5.82 Å². The maximum atomic E-state index is 13.2. The van der Waals surface area contributed by atoms with Crippen molar-refractivity contribution < 1.29 is 18.7 Å². The number of rotatable bonds is 4. The second-order valence-electron chi connectivity index (χ2n) is 5.35. The first kappa shape index (κ1) is 14.4. The van der Waals surface area contributed by atoms with Crippen LogP contribution >= 0.6 is 0 Å².